The molecule has 0 aliphatic carbocycles. The van der Waals surface area contributed by atoms with E-state index in [0.717, 1.165) is 45.5 Å². The average molecular weight is 386 g/mol. The van der Waals surface area contributed by atoms with E-state index < -0.39 is 0 Å². The first kappa shape index (κ1) is 19.1. The minimum atomic E-state index is 0.248. The average Bonchev–Trinajstić information content (AvgIpc) is 3.21. The molecule has 6 heteroatoms. The molecule has 0 amide bonds. The number of fused-ring (bicyclic) bond motifs is 1. The third kappa shape index (κ3) is 4.11. The molecule has 0 unspecified atom stereocenters. The maximum absolute atomic E-state index is 5.87. The first-order chi connectivity index (χ1) is 14.0. The maximum Gasteiger partial charge on any atom is 0.211 e. The molecule has 4 rings (SSSR count). The van der Waals surface area contributed by atoms with Crippen molar-refractivity contribution < 1.29 is 4.74 Å². The Morgan fingerprint density at radius 2 is 1.90 bits per heavy atom. The third-order valence-corrected chi connectivity index (χ3v) is 4.84. The number of tetrazole rings is 1. The highest BCUT2D eigenvalue weighted by Crippen LogP contribution is 2.35. The van der Waals surface area contributed by atoms with Crippen LogP contribution in [0.4, 0.5) is 0 Å². The quantitative estimate of drug-likeness (QED) is 0.520. The van der Waals surface area contributed by atoms with Crippen LogP contribution in [0.1, 0.15) is 36.5 Å². The van der Waals surface area contributed by atoms with Gasteiger partial charge in [0, 0.05) is 11.1 Å². The second-order valence-corrected chi connectivity index (χ2v) is 7.67. The molecule has 0 atom stereocenters. The van der Waals surface area contributed by atoms with Gasteiger partial charge in [-0.05, 0) is 61.1 Å². The van der Waals surface area contributed by atoms with Crippen LogP contribution < -0.4 is 4.74 Å². The second kappa shape index (κ2) is 7.99. The summed E-state index contributed by atoms with van der Waals surface area (Å²) in [6, 6.07) is 14.5. The van der Waals surface area contributed by atoms with Gasteiger partial charge in [0.2, 0.25) is 5.82 Å². The molecule has 1 radical (unpaired) electrons. The molecule has 1 N–H and O–H groups in total. The lowest BCUT2D eigenvalue weighted by atomic mass is 9.92. The van der Waals surface area contributed by atoms with Crippen molar-refractivity contribution in [2.24, 2.45) is 5.92 Å². The molecule has 0 saturated carbocycles. The fourth-order valence-corrected chi connectivity index (χ4v) is 3.42. The first-order valence-electron chi connectivity index (χ1n) is 9.72. The Morgan fingerprint density at radius 3 is 2.59 bits per heavy atom. The summed E-state index contributed by atoms with van der Waals surface area (Å²) in [7, 11) is 0. The van der Waals surface area contributed by atoms with Gasteiger partial charge in [-0.3, -0.25) is 4.98 Å². The Bertz CT molecular complexity index is 1120. The van der Waals surface area contributed by atoms with Crippen LogP contribution in [0, 0.1) is 19.8 Å². The summed E-state index contributed by atoms with van der Waals surface area (Å²) in [5.41, 5.74) is 6.43. The van der Waals surface area contributed by atoms with E-state index in [1.807, 2.05) is 18.2 Å². The molecule has 147 valence electrons. The highest BCUT2D eigenvalue weighted by molar-refractivity contribution is 5.97. The van der Waals surface area contributed by atoms with Crippen molar-refractivity contribution in [1.82, 2.24) is 25.6 Å². The summed E-state index contributed by atoms with van der Waals surface area (Å²) in [6.07, 6.45) is 0.893. The molecule has 2 heterocycles. The number of aromatic nitrogens is 5. The van der Waals surface area contributed by atoms with Crippen LogP contribution in [0.15, 0.2) is 42.5 Å². The number of pyridine rings is 1. The van der Waals surface area contributed by atoms with Crippen molar-refractivity contribution in [2.75, 3.05) is 0 Å². The number of H-pyrrole nitrogens is 1. The fourth-order valence-electron chi connectivity index (χ4n) is 3.42. The molecule has 0 aliphatic heterocycles. The topological polar surface area (TPSA) is 76.6 Å². The molecule has 29 heavy (non-hydrogen) atoms. The van der Waals surface area contributed by atoms with Gasteiger partial charge in [0.1, 0.15) is 5.75 Å². The number of aromatic amines is 1. The van der Waals surface area contributed by atoms with Gasteiger partial charge in [0.15, 0.2) is 6.61 Å². The van der Waals surface area contributed by atoms with E-state index in [9.17, 15) is 0 Å². The number of benzene rings is 2. The Morgan fingerprint density at radius 1 is 1.10 bits per heavy atom. The van der Waals surface area contributed by atoms with Crippen molar-refractivity contribution in [3.63, 3.8) is 0 Å². The van der Waals surface area contributed by atoms with Gasteiger partial charge in [-0.15, -0.1) is 10.2 Å². The predicted octanol–water partition coefficient (Wildman–Crippen LogP) is 4.68. The van der Waals surface area contributed by atoms with E-state index in [1.165, 1.54) is 5.56 Å². The van der Waals surface area contributed by atoms with Crippen molar-refractivity contribution >= 4 is 10.9 Å². The smallest absolute Gasteiger partial charge is 0.211 e. The summed E-state index contributed by atoms with van der Waals surface area (Å²) in [5.74, 6) is 1.74. The lowest BCUT2D eigenvalue weighted by Crippen LogP contribution is -2.04. The lowest BCUT2D eigenvalue weighted by Gasteiger charge is -2.17. The number of ether oxygens (including phenoxy) is 1. The molecule has 0 fully saturated rings. The van der Waals surface area contributed by atoms with Crippen molar-refractivity contribution in [1.29, 1.82) is 0 Å². The largest absolute Gasteiger partial charge is 0.485 e. The summed E-state index contributed by atoms with van der Waals surface area (Å²) in [6.45, 7) is 11.1. The van der Waals surface area contributed by atoms with Gasteiger partial charge < -0.3 is 4.74 Å². The van der Waals surface area contributed by atoms with E-state index in [2.05, 4.69) is 72.6 Å². The summed E-state index contributed by atoms with van der Waals surface area (Å²) < 4.78 is 5.87. The van der Waals surface area contributed by atoms with Crippen LogP contribution in [0.5, 0.6) is 5.75 Å². The summed E-state index contributed by atoms with van der Waals surface area (Å²) in [5, 5.41) is 14.9. The van der Waals surface area contributed by atoms with E-state index in [0.29, 0.717) is 11.7 Å². The number of nitrogens with zero attached hydrogens (tertiary/aromatic N) is 4. The minimum absolute atomic E-state index is 0.248. The summed E-state index contributed by atoms with van der Waals surface area (Å²) >= 11 is 0. The lowest BCUT2D eigenvalue weighted by molar-refractivity contribution is 0.296. The molecular weight excluding hydrogens is 362 g/mol. The molecule has 2 aromatic heterocycles. The fraction of sp³-hybridized carbons (Fsp3) is 0.261. The van der Waals surface area contributed by atoms with Crippen LogP contribution in [0.25, 0.3) is 22.0 Å². The normalized spacial score (nSPS) is 11.3. The van der Waals surface area contributed by atoms with Gasteiger partial charge in [-0.1, -0.05) is 48.9 Å². The van der Waals surface area contributed by atoms with Gasteiger partial charge >= 0.3 is 0 Å². The zero-order valence-corrected chi connectivity index (χ0v) is 16.9. The SMILES string of the molecule is [CH2]c1c(CC(C)C)nc2ccc(OCc3nn[nH]n3)cc2c1-c1ccc(C)cc1. The number of hydrogen-bond acceptors (Lipinski definition) is 5. The van der Waals surface area contributed by atoms with E-state index in [1.54, 1.807) is 0 Å². The van der Waals surface area contributed by atoms with Crippen molar-refractivity contribution in [3.8, 4) is 16.9 Å². The zero-order chi connectivity index (χ0) is 20.4. The van der Waals surface area contributed by atoms with Gasteiger partial charge in [-0.2, -0.15) is 5.21 Å². The van der Waals surface area contributed by atoms with Crippen LogP contribution in [0.2, 0.25) is 0 Å². The maximum atomic E-state index is 5.87. The Kier molecular flexibility index (Phi) is 5.25. The molecule has 0 aliphatic rings. The van der Waals surface area contributed by atoms with E-state index in [4.69, 9.17) is 9.72 Å². The van der Waals surface area contributed by atoms with Crippen molar-refractivity contribution in [3.05, 3.63) is 72.0 Å². The van der Waals surface area contributed by atoms with E-state index in [-0.39, 0.29) is 6.61 Å². The van der Waals surface area contributed by atoms with Gasteiger partial charge in [0.25, 0.3) is 0 Å². The molecular formula is C23H24N5O. The molecule has 0 saturated heterocycles. The van der Waals surface area contributed by atoms with Crippen molar-refractivity contribution in [2.45, 2.75) is 33.8 Å². The van der Waals surface area contributed by atoms with Crippen LogP contribution >= 0.6 is 0 Å². The zero-order valence-electron chi connectivity index (χ0n) is 16.9. The second-order valence-electron chi connectivity index (χ2n) is 7.67. The first-order valence-corrected chi connectivity index (χ1v) is 9.72. The molecule has 0 bridgehead atoms. The highest BCUT2D eigenvalue weighted by Gasteiger charge is 2.15. The minimum Gasteiger partial charge on any atom is -0.485 e. The van der Waals surface area contributed by atoms with E-state index >= 15 is 0 Å². The molecule has 4 aromatic rings. The molecule has 6 nitrogen and oxygen atoms in total. The van der Waals surface area contributed by atoms with Crippen LogP contribution in [-0.2, 0) is 13.0 Å². The Labute approximate surface area is 170 Å². The molecule has 2 aromatic carbocycles. The number of rotatable bonds is 6. The number of aryl methyl sites for hydroxylation is 1. The standard InChI is InChI=1S/C23H24N5O/c1-14(2)11-21-16(4)23(17-7-5-15(3)6-8-17)19-12-18(9-10-20(19)24-21)29-13-22-25-27-28-26-22/h5-10,12,14H,4,11,13H2,1-3H3,(H,25,26,27,28). The predicted molar refractivity (Wildman–Crippen MR) is 113 cm³/mol. The number of nitrogens with one attached hydrogen (secondary N) is 1. The highest BCUT2D eigenvalue weighted by atomic mass is 16.5. The van der Waals surface area contributed by atoms with Crippen LogP contribution in [-0.4, -0.2) is 25.6 Å². The molecule has 0 spiro atoms. The Hall–Kier alpha value is -3.28. The van der Waals surface area contributed by atoms with Gasteiger partial charge in [-0.25, -0.2) is 0 Å². The number of hydrogen-bond donors (Lipinski definition) is 1. The third-order valence-electron chi connectivity index (χ3n) is 4.84. The monoisotopic (exact) mass is 386 g/mol. The van der Waals surface area contributed by atoms with Gasteiger partial charge in [0.05, 0.1) is 5.52 Å². The Balaban J connectivity index is 1.83. The summed E-state index contributed by atoms with van der Waals surface area (Å²) in [4.78, 5) is 4.91. The van der Waals surface area contributed by atoms with Crippen LogP contribution in [0.3, 0.4) is 0 Å².